The average Bonchev–Trinajstić information content (AvgIpc) is 2.36. The number of carbonyl (C=O) groups is 3. The van der Waals surface area contributed by atoms with E-state index >= 15 is 0 Å². The molecule has 1 aliphatic heterocycles. The Hall–Kier alpha value is -1.59. The second-order valence-electron chi connectivity index (χ2n) is 4.19. The van der Waals surface area contributed by atoms with Gasteiger partial charge in [-0.15, -0.1) is 0 Å². The van der Waals surface area contributed by atoms with E-state index in [4.69, 9.17) is 4.74 Å². The molecule has 1 saturated heterocycles. The van der Waals surface area contributed by atoms with Crippen molar-refractivity contribution >= 4 is 17.8 Å². The Morgan fingerprint density at radius 1 is 1.00 bits per heavy atom. The second kappa shape index (κ2) is 6.98. The van der Waals surface area contributed by atoms with Crippen LogP contribution in [-0.4, -0.2) is 60.4 Å². The first-order chi connectivity index (χ1) is 8.54. The van der Waals surface area contributed by atoms with Gasteiger partial charge in [0, 0.05) is 39.5 Å². The molecule has 1 aliphatic rings. The van der Waals surface area contributed by atoms with Crippen LogP contribution in [0.4, 0.5) is 0 Å². The van der Waals surface area contributed by atoms with Gasteiger partial charge in [-0.05, 0) is 6.92 Å². The van der Waals surface area contributed by atoms with Crippen LogP contribution in [0.15, 0.2) is 0 Å². The highest BCUT2D eigenvalue weighted by Crippen LogP contribution is 2.06. The molecule has 0 bridgehead atoms. The molecule has 2 amide bonds. The molecule has 0 aromatic rings. The number of hydrogen-bond donors (Lipinski definition) is 0. The molecule has 1 rings (SSSR count). The van der Waals surface area contributed by atoms with Gasteiger partial charge in [0.15, 0.2) is 0 Å². The predicted molar refractivity (Wildman–Crippen MR) is 64.7 cm³/mol. The number of ether oxygens (including phenoxy) is 1. The van der Waals surface area contributed by atoms with Crippen molar-refractivity contribution < 1.29 is 19.1 Å². The third-order valence-corrected chi connectivity index (χ3v) is 2.93. The Morgan fingerprint density at radius 3 is 2.06 bits per heavy atom. The van der Waals surface area contributed by atoms with Gasteiger partial charge in [0.1, 0.15) is 0 Å². The zero-order valence-electron chi connectivity index (χ0n) is 11.0. The summed E-state index contributed by atoms with van der Waals surface area (Å²) in [6.07, 6.45) is 0.304. The van der Waals surface area contributed by atoms with E-state index in [9.17, 15) is 14.4 Å². The molecular formula is C12H20N2O4. The standard InChI is InChI=1S/C12H20N2O4/c1-3-18-12(17)5-4-11(16)14-8-6-13(7-9-14)10(2)15/h3-9H2,1-2H3. The topological polar surface area (TPSA) is 66.9 Å². The molecule has 0 aromatic carbocycles. The number of amides is 2. The number of esters is 1. The molecule has 0 atom stereocenters. The van der Waals surface area contributed by atoms with Crippen molar-refractivity contribution in [2.45, 2.75) is 26.7 Å². The van der Waals surface area contributed by atoms with E-state index in [1.165, 1.54) is 6.92 Å². The summed E-state index contributed by atoms with van der Waals surface area (Å²) in [5.74, 6) is -0.354. The fraction of sp³-hybridized carbons (Fsp3) is 0.750. The summed E-state index contributed by atoms with van der Waals surface area (Å²) in [4.78, 5) is 37.5. The van der Waals surface area contributed by atoms with Crippen LogP contribution in [0.1, 0.15) is 26.7 Å². The Morgan fingerprint density at radius 2 is 1.56 bits per heavy atom. The van der Waals surface area contributed by atoms with E-state index < -0.39 is 0 Å². The van der Waals surface area contributed by atoms with Gasteiger partial charge in [-0.2, -0.15) is 0 Å². The van der Waals surface area contributed by atoms with E-state index in [1.54, 1.807) is 16.7 Å². The fourth-order valence-corrected chi connectivity index (χ4v) is 1.87. The lowest BCUT2D eigenvalue weighted by molar-refractivity contribution is -0.146. The number of rotatable bonds is 4. The lowest BCUT2D eigenvalue weighted by atomic mass is 10.2. The van der Waals surface area contributed by atoms with Crippen molar-refractivity contribution in [2.75, 3.05) is 32.8 Å². The molecule has 6 nitrogen and oxygen atoms in total. The minimum absolute atomic E-state index is 0.0358. The van der Waals surface area contributed by atoms with E-state index in [0.717, 1.165) is 0 Å². The average molecular weight is 256 g/mol. The minimum atomic E-state index is -0.340. The SMILES string of the molecule is CCOC(=O)CCC(=O)N1CCN(C(C)=O)CC1. The van der Waals surface area contributed by atoms with E-state index in [2.05, 4.69) is 0 Å². The molecular weight excluding hydrogens is 236 g/mol. The van der Waals surface area contributed by atoms with Gasteiger partial charge in [-0.3, -0.25) is 14.4 Å². The molecule has 102 valence electrons. The van der Waals surface area contributed by atoms with Crippen LogP contribution >= 0.6 is 0 Å². The summed E-state index contributed by atoms with van der Waals surface area (Å²) in [6.45, 7) is 5.83. The summed E-state index contributed by atoms with van der Waals surface area (Å²) in [7, 11) is 0. The summed E-state index contributed by atoms with van der Waals surface area (Å²) in [5, 5.41) is 0. The molecule has 1 heterocycles. The van der Waals surface area contributed by atoms with Crippen LogP contribution in [0.25, 0.3) is 0 Å². The van der Waals surface area contributed by atoms with Crippen LogP contribution in [0.5, 0.6) is 0 Å². The second-order valence-corrected chi connectivity index (χ2v) is 4.19. The van der Waals surface area contributed by atoms with Crippen LogP contribution in [0.3, 0.4) is 0 Å². The first-order valence-electron chi connectivity index (χ1n) is 6.23. The Balaban J connectivity index is 2.28. The Kier molecular flexibility index (Phi) is 5.61. The van der Waals surface area contributed by atoms with Crippen molar-refractivity contribution in [2.24, 2.45) is 0 Å². The maximum Gasteiger partial charge on any atom is 0.306 e. The van der Waals surface area contributed by atoms with Crippen LogP contribution < -0.4 is 0 Å². The van der Waals surface area contributed by atoms with Gasteiger partial charge in [-0.25, -0.2) is 0 Å². The number of hydrogen-bond acceptors (Lipinski definition) is 4. The van der Waals surface area contributed by atoms with Crippen LogP contribution in [0.2, 0.25) is 0 Å². The fourth-order valence-electron chi connectivity index (χ4n) is 1.87. The summed E-state index contributed by atoms with van der Waals surface area (Å²) in [6, 6.07) is 0. The normalized spacial score (nSPS) is 15.4. The van der Waals surface area contributed by atoms with Crippen molar-refractivity contribution in [3.8, 4) is 0 Å². The van der Waals surface area contributed by atoms with Crippen molar-refractivity contribution in [3.05, 3.63) is 0 Å². The van der Waals surface area contributed by atoms with Gasteiger partial charge >= 0.3 is 5.97 Å². The molecule has 6 heteroatoms. The first kappa shape index (κ1) is 14.5. The molecule has 0 aromatic heterocycles. The van der Waals surface area contributed by atoms with Crippen molar-refractivity contribution in [1.29, 1.82) is 0 Å². The Labute approximate surface area is 107 Å². The highest BCUT2D eigenvalue weighted by atomic mass is 16.5. The first-order valence-corrected chi connectivity index (χ1v) is 6.23. The molecule has 0 aliphatic carbocycles. The quantitative estimate of drug-likeness (QED) is 0.665. The largest absolute Gasteiger partial charge is 0.466 e. The molecule has 0 saturated carbocycles. The lowest BCUT2D eigenvalue weighted by Crippen LogP contribution is -2.50. The predicted octanol–water partition coefficient (Wildman–Crippen LogP) is 0.0204. The zero-order valence-corrected chi connectivity index (χ0v) is 11.0. The monoisotopic (exact) mass is 256 g/mol. The third kappa shape index (κ3) is 4.35. The number of nitrogens with zero attached hydrogens (tertiary/aromatic N) is 2. The lowest BCUT2D eigenvalue weighted by Gasteiger charge is -2.34. The number of piperazine rings is 1. The molecule has 0 N–H and O–H groups in total. The molecule has 18 heavy (non-hydrogen) atoms. The van der Waals surface area contributed by atoms with E-state index in [-0.39, 0.29) is 30.6 Å². The number of carbonyl (C=O) groups excluding carboxylic acids is 3. The zero-order chi connectivity index (χ0) is 13.5. The highest BCUT2D eigenvalue weighted by Gasteiger charge is 2.22. The summed E-state index contributed by atoms with van der Waals surface area (Å²) in [5.41, 5.74) is 0. The van der Waals surface area contributed by atoms with Gasteiger partial charge < -0.3 is 14.5 Å². The molecule has 0 radical (unpaired) electrons. The highest BCUT2D eigenvalue weighted by molar-refractivity contribution is 5.81. The summed E-state index contributed by atoms with van der Waals surface area (Å²) >= 11 is 0. The third-order valence-electron chi connectivity index (χ3n) is 2.93. The Bertz CT molecular complexity index is 322. The minimum Gasteiger partial charge on any atom is -0.466 e. The maximum absolute atomic E-state index is 11.8. The van der Waals surface area contributed by atoms with Gasteiger partial charge in [0.25, 0.3) is 0 Å². The smallest absolute Gasteiger partial charge is 0.306 e. The molecule has 1 fully saturated rings. The van der Waals surface area contributed by atoms with Gasteiger partial charge in [0.2, 0.25) is 11.8 Å². The van der Waals surface area contributed by atoms with Gasteiger partial charge in [0.05, 0.1) is 13.0 Å². The summed E-state index contributed by atoms with van der Waals surface area (Å²) < 4.78 is 4.77. The van der Waals surface area contributed by atoms with Gasteiger partial charge in [-0.1, -0.05) is 0 Å². The van der Waals surface area contributed by atoms with E-state index in [1.807, 2.05) is 0 Å². The van der Waals surface area contributed by atoms with Crippen LogP contribution in [-0.2, 0) is 19.1 Å². The molecule has 0 unspecified atom stereocenters. The molecule has 0 spiro atoms. The maximum atomic E-state index is 11.8. The van der Waals surface area contributed by atoms with Crippen LogP contribution in [0, 0.1) is 0 Å². The van der Waals surface area contributed by atoms with E-state index in [0.29, 0.717) is 32.8 Å². The van der Waals surface area contributed by atoms with Crippen molar-refractivity contribution in [3.63, 3.8) is 0 Å². The van der Waals surface area contributed by atoms with Crippen molar-refractivity contribution in [1.82, 2.24) is 9.80 Å².